The molecule has 1 aliphatic rings. The van der Waals surface area contributed by atoms with Crippen LogP contribution in [-0.2, 0) is 23.0 Å². The van der Waals surface area contributed by atoms with E-state index in [1.54, 1.807) is 4.90 Å². The van der Waals surface area contributed by atoms with Gasteiger partial charge in [-0.3, -0.25) is 4.79 Å². The van der Waals surface area contributed by atoms with Gasteiger partial charge in [-0.15, -0.1) is 0 Å². The van der Waals surface area contributed by atoms with Crippen LogP contribution in [-0.4, -0.2) is 20.9 Å². The molecule has 5 nitrogen and oxygen atoms in total. The van der Waals surface area contributed by atoms with Crippen molar-refractivity contribution in [3.63, 3.8) is 0 Å². The molecule has 154 valence electrons. The quantitative estimate of drug-likeness (QED) is 0.677. The summed E-state index contributed by atoms with van der Waals surface area (Å²) in [4.78, 5) is 14.7. The lowest BCUT2D eigenvalue weighted by Crippen LogP contribution is -2.28. The van der Waals surface area contributed by atoms with Gasteiger partial charge in [-0.2, -0.15) is 0 Å². The Bertz CT molecular complexity index is 1210. The smallest absolute Gasteiger partial charge is 0.258 e. The second-order valence-electron chi connectivity index (χ2n) is 7.32. The van der Waals surface area contributed by atoms with Crippen LogP contribution in [0.15, 0.2) is 71.6 Å². The molecule has 0 atom stereocenters. The Morgan fingerprint density at radius 2 is 1.83 bits per heavy atom. The molecule has 0 fully saturated rings. The highest BCUT2D eigenvalue weighted by atomic mass is 32.2. The molecule has 0 aliphatic carbocycles. The first-order chi connectivity index (χ1) is 14.3. The van der Waals surface area contributed by atoms with Crippen LogP contribution in [0.4, 0.5) is 10.1 Å². The number of carbonyl (C=O) groups is 1. The van der Waals surface area contributed by atoms with E-state index in [1.165, 1.54) is 12.1 Å². The predicted molar refractivity (Wildman–Crippen MR) is 113 cm³/mol. The molecule has 30 heavy (non-hydrogen) atoms. The van der Waals surface area contributed by atoms with Crippen molar-refractivity contribution in [2.45, 2.75) is 24.8 Å². The van der Waals surface area contributed by atoms with Gasteiger partial charge in [0.05, 0.1) is 4.90 Å². The number of nitrogens with zero attached hydrogens (tertiary/aromatic N) is 1. The van der Waals surface area contributed by atoms with Crippen molar-refractivity contribution in [3.8, 4) is 0 Å². The molecule has 0 saturated carbocycles. The Kier molecular flexibility index (Phi) is 5.40. The summed E-state index contributed by atoms with van der Waals surface area (Å²) in [7, 11) is -3.73. The highest BCUT2D eigenvalue weighted by Crippen LogP contribution is 2.30. The average molecular weight is 424 g/mol. The topological polar surface area (TPSA) is 66.5 Å². The number of anilines is 1. The summed E-state index contributed by atoms with van der Waals surface area (Å²) in [5, 5.41) is 0. The summed E-state index contributed by atoms with van der Waals surface area (Å²) in [6.45, 7) is 2.65. The molecule has 3 aromatic carbocycles. The second-order valence-corrected chi connectivity index (χ2v) is 9.08. The standard InChI is InChI=1S/C23H21FN2O3S/c1-16-3-2-4-19(13-16)23(27)26-12-11-18-14-17(5-10-22(18)26)15-25-30(28,29)21-8-6-20(24)7-9-21/h2-10,13-14,25H,11-12,15H2,1H3. The minimum atomic E-state index is -3.73. The van der Waals surface area contributed by atoms with Crippen LogP contribution < -0.4 is 9.62 Å². The largest absolute Gasteiger partial charge is 0.308 e. The van der Waals surface area contributed by atoms with Crippen molar-refractivity contribution in [1.29, 1.82) is 0 Å². The first kappa shape index (κ1) is 20.3. The number of amides is 1. The van der Waals surface area contributed by atoms with Crippen LogP contribution in [0.3, 0.4) is 0 Å². The Labute approximate surface area is 175 Å². The fraction of sp³-hybridized carbons (Fsp3) is 0.174. The molecular weight excluding hydrogens is 403 g/mol. The molecule has 3 aromatic rings. The van der Waals surface area contributed by atoms with Crippen LogP contribution in [0.25, 0.3) is 0 Å². The van der Waals surface area contributed by atoms with Crippen molar-refractivity contribution >= 4 is 21.6 Å². The van der Waals surface area contributed by atoms with E-state index in [9.17, 15) is 17.6 Å². The number of halogens is 1. The Morgan fingerprint density at radius 3 is 2.57 bits per heavy atom. The van der Waals surface area contributed by atoms with E-state index >= 15 is 0 Å². The number of aryl methyl sites for hydroxylation is 1. The van der Waals surface area contributed by atoms with Crippen LogP contribution >= 0.6 is 0 Å². The zero-order valence-corrected chi connectivity index (χ0v) is 17.2. The third-order valence-electron chi connectivity index (χ3n) is 5.14. The normalized spacial score (nSPS) is 13.3. The fourth-order valence-electron chi connectivity index (χ4n) is 3.59. The maximum Gasteiger partial charge on any atom is 0.258 e. The number of hydrogen-bond acceptors (Lipinski definition) is 3. The van der Waals surface area contributed by atoms with Crippen LogP contribution in [0.1, 0.15) is 27.0 Å². The molecule has 0 spiro atoms. The number of sulfonamides is 1. The number of fused-ring (bicyclic) bond motifs is 1. The highest BCUT2D eigenvalue weighted by molar-refractivity contribution is 7.89. The van der Waals surface area contributed by atoms with Crippen LogP contribution in [0.2, 0.25) is 0 Å². The molecule has 0 unspecified atom stereocenters. The third-order valence-corrected chi connectivity index (χ3v) is 6.56. The summed E-state index contributed by atoms with van der Waals surface area (Å²) in [6.07, 6.45) is 0.714. The molecule has 0 saturated heterocycles. The van der Waals surface area contributed by atoms with Crippen molar-refractivity contribution in [2.24, 2.45) is 0 Å². The van der Waals surface area contributed by atoms with Crippen molar-refractivity contribution in [1.82, 2.24) is 4.72 Å². The predicted octanol–water partition coefficient (Wildman–Crippen LogP) is 3.82. The van der Waals surface area contributed by atoms with E-state index in [-0.39, 0.29) is 17.3 Å². The van der Waals surface area contributed by atoms with E-state index in [2.05, 4.69) is 4.72 Å². The van der Waals surface area contributed by atoms with Gasteiger partial charge in [0, 0.05) is 24.3 Å². The third kappa shape index (κ3) is 4.13. The van der Waals surface area contributed by atoms with Crippen molar-refractivity contribution < 1.29 is 17.6 Å². The molecule has 0 radical (unpaired) electrons. The second kappa shape index (κ2) is 8.01. The lowest BCUT2D eigenvalue weighted by Gasteiger charge is -2.18. The minimum absolute atomic E-state index is 0.0139. The highest BCUT2D eigenvalue weighted by Gasteiger charge is 2.26. The van der Waals surface area contributed by atoms with E-state index in [1.807, 2.05) is 49.4 Å². The van der Waals surface area contributed by atoms with Crippen molar-refractivity contribution in [2.75, 3.05) is 11.4 Å². The molecule has 1 N–H and O–H groups in total. The molecule has 0 aromatic heterocycles. The van der Waals surface area contributed by atoms with Gasteiger partial charge in [0.2, 0.25) is 10.0 Å². The van der Waals surface area contributed by atoms with Gasteiger partial charge in [-0.05, 0) is 66.9 Å². The summed E-state index contributed by atoms with van der Waals surface area (Å²) in [6, 6.07) is 17.8. The minimum Gasteiger partial charge on any atom is -0.308 e. The number of rotatable bonds is 5. The molecular formula is C23H21FN2O3S. The van der Waals surface area contributed by atoms with Crippen LogP contribution in [0, 0.1) is 12.7 Å². The summed E-state index contributed by atoms with van der Waals surface area (Å²) in [5.74, 6) is -0.528. The number of benzene rings is 3. The van der Waals surface area contributed by atoms with Gasteiger partial charge in [0.25, 0.3) is 5.91 Å². The Hall–Kier alpha value is -3.03. The van der Waals surface area contributed by atoms with E-state index < -0.39 is 15.8 Å². The summed E-state index contributed by atoms with van der Waals surface area (Å²) < 4.78 is 40.3. The first-order valence-electron chi connectivity index (χ1n) is 9.59. The molecule has 4 rings (SSSR count). The average Bonchev–Trinajstić information content (AvgIpc) is 3.15. The summed E-state index contributed by atoms with van der Waals surface area (Å²) >= 11 is 0. The molecule has 1 amide bonds. The number of nitrogens with one attached hydrogen (secondary N) is 1. The molecule has 7 heteroatoms. The zero-order chi connectivity index (χ0) is 21.3. The van der Waals surface area contributed by atoms with Gasteiger partial charge in [0.1, 0.15) is 5.82 Å². The van der Waals surface area contributed by atoms with Gasteiger partial charge >= 0.3 is 0 Å². The molecule has 1 aliphatic heterocycles. The van der Waals surface area contributed by atoms with E-state index in [4.69, 9.17) is 0 Å². The fourth-order valence-corrected chi connectivity index (χ4v) is 4.60. The van der Waals surface area contributed by atoms with Crippen molar-refractivity contribution in [3.05, 3.63) is 94.8 Å². The van der Waals surface area contributed by atoms with Gasteiger partial charge < -0.3 is 4.90 Å². The lowest BCUT2D eigenvalue weighted by atomic mass is 10.1. The van der Waals surface area contributed by atoms with E-state index in [0.717, 1.165) is 34.5 Å². The maximum atomic E-state index is 13.0. The number of hydrogen-bond donors (Lipinski definition) is 1. The van der Waals surface area contributed by atoms with Crippen LogP contribution in [0.5, 0.6) is 0 Å². The Balaban J connectivity index is 1.48. The maximum absolute atomic E-state index is 13.0. The number of carbonyl (C=O) groups excluding carboxylic acids is 1. The Morgan fingerprint density at radius 1 is 1.07 bits per heavy atom. The van der Waals surface area contributed by atoms with Gasteiger partial charge in [-0.1, -0.05) is 29.8 Å². The monoisotopic (exact) mass is 424 g/mol. The SMILES string of the molecule is Cc1cccc(C(=O)N2CCc3cc(CNS(=O)(=O)c4ccc(F)cc4)ccc32)c1. The van der Waals surface area contributed by atoms with Gasteiger partial charge in [-0.25, -0.2) is 17.5 Å². The molecule has 0 bridgehead atoms. The van der Waals surface area contributed by atoms with E-state index in [0.29, 0.717) is 18.5 Å². The van der Waals surface area contributed by atoms with Gasteiger partial charge in [0.15, 0.2) is 0 Å². The summed E-state index contributed by atoms with van der Waals surface area (Å²) in [5.41, 5.74) is 4.34. The lowest BCUT2D eigenvalue weighted by molar-refractivity contribution is 0.0989. The zero-order valence-electron chi connectivity index (χ0n) is 16.4. The first-order valence-corrected chi connectivity index (χ1v) is 11.1. The molecule has 1 heterocycles.